The number of carbonyl (C=O) groups is 1. The number of amidine groups is 2. The molecule has 3 N–H and O–H groups in total. The van der Waals surface area contributed by atoms with Crippen molar-refractivity contribution in [1.29, 1.82) is 0 Å². The highest BCUT2D eigenvalue weighted by Gasteiger charge is 2.26. The molecule has 2 aliphatic heterocycles. The molecule has 0 spiro atoms. The Bertz CT molecular complexity index is 946. The number of rotatable bonds is 4. The number of aromatic hydroxyl groups is 1. The van der Waals surface area contributed by atoms with E-state index in [1.165, 1.54) is 17.0 Å². The Morgan fingerprint density at radius 2 is 2.07 bits per heavy atom. The molecule has 144 valence electrons. The lowest BCUT2D eigenvalue weighted by Crippen LogP contribution is -2.37. The Balaban J connectivity index is 1.80. The van der Waals surface area contributed by atoms with E-state index in [9.17, 15) is 18.3 Å². The Hall–Kier alpha value is -2.53. The smallest absolute Gasteiger partial charge is 0.367 e. The van der Waals surface area contributed by atoms with E-state index in [0.717, 1.165) is 6.42 Å². The molecule has 0 fully saturated rings. The number of amides is 1. The van der Waals surface area contributed by atoms with Crippen molar-refractivity contribution in [3.05, 3.63) is 35.2 Å². The van der Waals surface area contributed by atoms with Crippen molar-refractivity contribution >= 4 is 45.2 Å². The summed E-state index contributed by atoms with van der Waals surface area (Å²) in [6.07, 6.45) is 2.93. The van der Waals surface area contributed by atoms with Gasteiger partial charge in [0.25, 0.3) is 5.91 Å². The van der Waals surface area contributed by atoms with E-state index in [2.05, 4.69) is 19.4 Å². The second-order valence-electron chi connectivity index (χ2n) is 6.10. The molecule has 1 atom stereocenters. The number of phenolic OH excluding ortho intramolecular Hbond substituents is 1. The first-order valence-electron chi connectivity index (χ1n) is 8.07. The minimum absolute atomic E-state index is 0.0318. The standard InChI is InChI=1S/C16H19N5O4S2/c1-21(2)16(23)11-6-3-7-12(13(11)22)18-15-14(19-27(24,25)20-15)17-9-10-5-4-8-26-10/h3-4,6-8,10,22H,5,9H2,1-2H3,(H,17,19)(H,18,20). The summed E-state index contributed by atoms with van der Waals surface area (Å²) in [5.74, 6) is -0.630. The predicted octanol–water partition coefficient (Wildman–Crippen LogP) is 1.17. The van der Waals surface area contributed by atoms with Crippen molar-refractivity contribution in [1.82, 2.24) is 10.2 Å². The Labute approximate surface area is 161 Å². The quantitative estimate of drug-likeness (QED) is 0.638. The van der Waals surface area contributed by atoms with Gasteiger partial charge in [-0.1, -0.05) is 12.1 Å². The fourth-order valence-corrected chi connectivity index (χ4v) is 4.12. The zero-order valence-corrected chi connectivity index (χ0v) is 16.3. The first-order valence-corrected chi connectivity index (χ1v) is 10.4. The highest BCUT2D eigenvalue weighted by Crippen LogP contribution is 2.29. The molecule has 11 heteroatoms. The average Bonchev–Trinajstić information content (AvgIpc) is 3.21. The second-order valence-corrected chi connectivity index (χ2v) is 8.57. The van der Waals surface area contributed by atoms with E-state index in [-0.39, 0.29) is 39.8 Å². The van der Waals surface area contributed by atoms with Gasteiger partial charge in [-0.3, -0.25) is 4.79 Å². The lowest BCUT2D eigenvalue weighted by atomic mass is 10.1. The maximum atomic E-state index is 12.1. The summed E-state index contributed by atoms with van der Waals surface area (Å²) in [6, 6.07) is 4.57. The Morgan fingerprint density at radius 1 is 1.33 bits per heavy atom. The van der Waals surface area contributed by atoms with Gasteiger partial charge in [0.2, 0.25) is 0 Å². The molecule has 0 bridgehead atoms. The van der Waals surface area contributed by atoms with Gasteiger partial charge in [0.05, 0.1) is 11.3 Å². The molecule has 2 aliphatic rings. The number of anilines is 1. The SMILES string of the molecule is CN(C)C(=O)c1cccc(NC2=NS(=O)(=O)N=C2NCC2CC=CS2)c1O. The number of thioether (sulfide) groups is 1. The summed E-state index contributed by atoms with van der Waals surface area (Å²) in [4.78, 5) is 13.5. The maximum absolute atomic E-state index is 12.1. The Morgan fingerprint density at radius 3 is 2.74 bits per heavy atom. The van der Waals surface area contributed by atoms with Gasteiger partial charge in [-0.25, -0.2) is 0 Å². The van der Waals surface area contributed by atoms with Crippen LogP contribution in [0.3, 0.4) is 0 Å². The molecule has 1 unspecified atom stereocenters. The lowest BCUT2D eigenvalue weighted by molar-refractivity contribution is 0.0824. The van der Waals surface area contributed by atoms with Gasteiger partial charge < -0.3 is 20.6 Å². The molecule has 3 rings (SSSR count). The van der Waals surface area contributed by atoms with E-state index in [4.69, 9.17) is 0 Å². The van der Waals surface area contributed by atoms with Crippen LogP contribution >= 0.6 is 11.8 Å². The maximum Gasteiger partial charge on any atom is 0.367 e. The van der Waals surface area contributed by atoms with E-state index >= 15 is 0 Å². The van der Waals surface area contributed by atoms with E-state index in [1.807, 2.05) is 11.5 Å². The lowest BCUT2D eigenvalue weighted by Gasteiger charge is -2.16. The van der Waals surface area contributed by atoms with Gasteiger partial charge in [0, 0.05) is 25.9 Å². The first kappa shape index (κ1) is 19.2. The number of allylic oxidation sites excluding steroid dienone is 1. The molecular weight excluding hydrogens is 390 g/mol. The third-order valence-corrected chi connectivity index (χ3v) is 5.75. The molecule has 0 aliphatic carbocycles. The summed E-state index contributed by atoms with van der Waals surface area (Å²) >= 11 is 1.65. The second kappa shape index (κ2) is 7.61. The van der Waals surface area contributed by atoms with E-state index in [0.29, 0.717) is 6.54 Å². The molecule has 0 aromatic heterocycles. The number of hydrogen-bond acceptors (Lipinski definition) is 7. The number of para-hydroxylation sites is 1. The largest absolute Gasteiger partial charge is 0.505 e. The number of nitrogens with one attached hydrogen (secondary N) is 2. The summed E-state index contributed by atoms with van der Waals surface area (Å²) in [5.41, 5.74) is 0.247. The van der Waals surface area contributed by atoms with E-state index in [1.54, 1.807) is 31.9 Å². The monoisotopic (exact) mass is 409 g/mol. The molecule has 0 saturated heterocycles. The predicted molar refractivity (Wildman–Crippen MR) is 107 cm³/mol. The normalized spacial score (nSPS) is 20.1. The van der Waals surface area contributed by atoms with Crippen molar-refractivity contribution < 1.29 is 18.3 Å². The highest BCUT2D eigenvalue weighted by molar-refractivity contribution is 8.03. The Kier molecular flexibility index (Phi) is 5.42. The number of carbonyl (C=O) groups excluding carboxylic acids is 1. The molecule has 0 radical (unpaired) electrons. The van der Waals surface area contributed by atoms with Crippen molar-refractivity contribution in [3.63, 3.8) is 0 Å². The van der Waals surface area contributed by atoms with Gasteiger partial charge in [0.15, 0.2) is 17.4 Å². The molecule has 9 nitrogen and oxygen atoms in total. The van der Waals surface area contributed by atoms with Gasteiger partial charge in [0.1, 0.15) is 0 Å². The average molecular weight is 409 g/mol. The molecule has 0 saturated carbocycles. The van der Waals surface area contributed by atoms with Gasteiger partial charge >= 0.3 is 10.2 Å². The van der Waals surface area contributed by atoms with Crippen LogP contribution in [0.4, 0.5) is 5.69 Å². The van der Waals surface area contributed by atoms with Crippen molar-refractivity contribution in [3.8, 4) is 5.75 Å². The minimum Gasteiger partial charge on any atom is -0.505 e. The molecule has 1 aromatic carbocycles. The molecular formula is C16H19N5O4S2. The zero-order chi connectivity index (χ0) is 19.6. The van der Waals surface area contributed by atoms with Crippen molar-refractivity contribution in [2.75, 3.05) is 26.0 Å². The molecule has 27 heavy (non-hydrogen) atoms. The highest BCUT2D eigenvalue weighted by atomic mass is 32.2. The summed E-state index contributed by atoms with van der Waals surface area (Å²) in [5, 5.41) is 18.4. The van der Waals surface area contributed by atoms with Crippen LogP contribution in [0.1, 0.15) is 16.8 Å². The molecule has 1 amide bonds. The van der Waals surface area contributed by atoms with Crippen LogP contribution in [-0.4, -0.2) is 61.9 Å². The fraction of sp³-hybridized carbons (Fsp3) is 0.312. The minimum atomic E-state index is -3.99. The van der Waals surface area contributed by atoms with Gasteiger partial charge in [-0.05, 0) is 24.0 Å². The van der Waals surface area contributed by atoms with Crippen LogP contribution < -0.4 is 10.6 Å². The fourth-order valence-electron chi connectivity index (χ4n) is 2.49. The van der Waals surface area contributed by atoms with Crippen LogP contribution in [0.15, 0.2) is 38.5 Å². The van der Waals surface area contributed by atoms with Crippen LogP contribution in [-0.2, 0) is 10.2 Å². The topological polar surface area (TPSA) is 123 Å². The van der Waals surface area contributed by atoms with Crippen molar-refractivity contribution in [2.24, 2.45) is 8.80 Å². The zero-order valence-electron chi connectivity index (χ0n) is 14.7. The third kappa shape index (κ3) is 4.42. The van der Waals surface area contributed by atoms with Gasteiger partial charge in [-0.15, -0.1) is 20.6 Å². The molecule has 2 heterocycles. The number of phenols is 1. The number of hydrogen-bond donors (Lipinski definition) is 3. The summed E-state index contributed by atoms with van der Waals surface area (Å²) < 4.78 is 30.8. The first-order chi connectivity index (χ1) is 12.8. The number of benzene rings is 1. The number of nitrogens with zero attached hydrogens (tertiary/aromatic N) is 3. The van der Waals surface area contributed by atoms with Crippen LogP contribution in [0.5, 0.6) is 5.75 Å². The van der Waals surface area contributed by atoms with Crippen LogP contribution in [0.2, 0.25) is 0 Å². The van der Waals surface area contributed by atoms with Gasteiger partial charge in [-0.2, -0.15) is 8.42 Å². The van der Waals surface area contributed by atoms with Crippen molar-refractivity contribution in [2.45, 2.75) is 11.7 Å². The van der Waals surface area contributed by atoms with Crippen LogP contribution in [0, 0.1) is 0 Å². The molecule has 1 aromatic rings. The van der Waals surface area contributed by atoms with E-state index < -0.39 is 10.2 Å². The van der Waals surface area contributed by atoms with Crippen LogP contribution in [0.25, 0.3) is 0 Å². The third-order valence-electron chi connectivity index (χ3n) is 3.83. The summed E-state index contributed by atoms with van der Waals surface area (Å²) in [6.45, 7) is 0.512. The summed E-state index contributed by atoms with van der Waals surface area (Å²) in [7, 11) is -0.852.